The fraction of sp³-hybridized carbons (Fsp3) is 0.368. The van der Waals surface area contributed by atoms with E-state index in [0.29, 0.717) is 0 Å². The fourth-order valence-electron chi connectivity index (χ4n) is 3.23. The third-order valence-electron chi connectivity index (χ3n) is 4.64. The lowest BCUT2D eigenvalue weighted by Crippen LogP contribution is -3.27. The van der Waals surface area contributed by atoms with Gasteiger partial charge in [-0.25, -0.2) is 0 Å². The molecule has 2 nitrogen and oxygen atoms in total. The summed E-state index contributed by atoms with van der Waals surface area (Å²) < 4.78 is 0. The summed E-state index contributed by atoms with van der Waals surface area (Å²) in [5, 5.41) is 0.825. The van der Waals surface area contributed by atoms with Crippen LogP contribution in [0.15, 0.2) is 53.4 Å². The van der Waals surface area contributed by atoms with Crippen molar-refractivity contribution in [3.63, 3.8) is 0 Å². The topological polar surface area (TPSA) is 8.88 Å². The Balaban J connectivity index is 1.47. The van der Waals surface area contributed by atoms with Crippen molar-refractivity contribution in [1.29, 1.82) is 0 Å². The van der Waals surface area contributed by atoms with Gasteiger partial charge in [0.15, 0.2) is 0 Å². The quantitative estimate of drug-likeness (QED) is 0.779. The van der Waals surface area contributed by atoms with E-state index in [2.05, 4.69) is 42.7 Å². The lowest BCUT2D eigenvalue weighted by atomic mass is 10.1. The molecule has 0 unspecified atom stereocenters. The lowest BCUT2D eigenvalue weighted by molar-refractivity contribution is -1.02. The number of piperazine rings is 1. The third-order valence-corrected chi connectivity index (χ3v) is 5.64. The van der Waals surface area contributed by atoms with Gasteiger partial charge in [0.05, 0.1) is 0 Å². The molecule has 1 aliphatic heterocycles. The Morgan fingerprint density at radius 3 is 1.65 bits per heavy atom. The smallest absolute Gasteiger partial charge is 0.127 e. The molecule has 1 heterocycles. The second kappa shape index (κ2) is 8.20. The normalized spacial score (nSPS) is 21.3. The molecule has 2 aromatic carbocycles. The summed E-state index contributed by atoms with van der Waals surface area (Å²) in [4.78, 5) is 4.75. The van der Waals surface area contributed by atoms with Crippen LogP contribution in [-0.2, 0) is 13.1 Å². The lowest BCUT2D eigenvalue weighted by Gasteiger charge is -2.29. The highest BCUT2D eigenvalue weighted by molar-refractivity contribution is 7.98. The Kier molecular flexibility index (Phi) is 6.01. The maximum atomic E-state index is 5.96. The summed E-state index contributed by atoms with van der Waals surface area (Å²) in [6.45, 7) is 7.29. The predicted molar refractivity (Wildman–Crippen MR) is 98.5 cm³/mol. The molecule has 0 aliphatic carbocycles. The Morgan fingerprint density at radius 2 is 1.22 bits per heavy atom. The number of quaternary nitrogens is 2. The summed E-state index contributed by atoms with van der Waals surface area (Å²) in [6.07, 6.45) is 2.13. The van der Waals surface area contributed by atoms with Gasteiger partial charge < -0.3 is 9.80 Å². The van der Waals surface area contributed by atoms with Gasteiger partial charge in [0.2, 0.25) is 0 Å². The van der Waals surface area contributed by atoms with Crippen molar-refractivity contribution < 1.29 is 9.80 Å². The van der Waals surface area contributed by atoms with Crippen LogP contribution >= 0.6 is 23.4 Å². The van der Waals surface area contributed by atoms with Crippen LogP contribution in [0.2, 0.25) is 5.02 Å². The molecule has 4 heteroatoms. The highest BCUT2D eigenvalue weighted by atomic mass is 35.5. The van der Waals surface area contributed by atoms with Crippen molar-refractivity contribution in [3.05, 3.63) is 64.7 Å². The number of thioether (sulfide) groups is 1. The fourth-order valence-corrected chi connectivity index (χ4v) is 3.77. The van der Waals surface area contributed by atoms with Crippen LogP contribution in [0.4, 0.5) is 0 Å². The van der Waals surface area contributed by atoms with Gasteiger partial charge in [-0.3, -0.25) is 0 Å². The number of rotatable bonds is 5. The molecule has 0 saturated carbocycles. The molecule has 0 aromatic heterocycles. The Labute approximate surface area is 148 Å². The number of hydrogen-bond donors (Lipinski definition) is 2. The van der Waals surface area contributed by atoms with E-state index in [0.717, 1.165) is 18.1 Å². The predicted octanol–water partition coefficient (Wildman–Crippen LogP) is 1.55. The molecule has 0 atom stereocenters. The van der Waals surface area contributed by atoms with E-state index in [1.807, 2.05) is 23.9 Å². The van der Waals surface area contributed by atoms with Crippen molar-refractivity contribution in [1.82, 2.24) is 0 Å². The van der Waals surface area contributed by atoms with Crippen LogP contribution in [-0.4, -0.2) is 32.4 Å². The Morgan fingerprint density at radius 1 is 0.783 bits per heavy atom. The number of halogens is 1. The van der Waals surface area contributed by atoms with Crippen LogP contribution in [0.1, 0.15) is 11.1 Å². The van der Waals surface area contributed by atoms with E-state index in [4.69, 9.17) is 11.6 Å². The molecule has 0 bridgehead atoms. The van der Waals surface area contributed by atoms with E-state index in [-0.39, 0.29) is 0 Å². The molecule has 2 aromatic rings. The average Bonchev–Trinajstić information content (AvgIpc) is 2.59. The van der Waals surface area contributed by atoms with Crippen molar-refractivity contribution in [3.8, 4) is 0 Å². The second-order valence-electron chi connectivity index (χ2n) is 6.33. The molecule has 0 spiro atoms. The molecule has 0 amide bonds. The van der Waals surface area contributed by atoms with Gasteiger partial charge in [0.1, 0.15) is 39.3 Å². The number of nitrogens with one attached hydrogen (secondary N) is 2. The summed E-state index contributed by atoms with van der Waals surface area (Å²) in [5.41, 5.74) is 2.85. The first-order chi connectivity index (χ1) is 11.2. The largest absolute Gasteiger partial charge is 0.322 e. The van der Waals surface area contributed by atoms with Crippen molar-refractivity contribution in [2.45, 2.75) is 18.0 Å². The molecule has 1 fully saturated rings. The maximum Gasteiger partial charge on any atom is 0.127 e. The average molecular weight is 349 g/mol. The first-order valence-corrected chi connectivity index (χ1v) is 9.88. The van der Waals surface area contributed by atoms with Crippen molar-refractivity contribution in [2.75, 3.05) is 32.4 Å². The van der Waals surface area contributed by atoms with Crippen LogP contribution in [0.3, 0.4) is 0 Å². The Hall–Kier alpha value is -1.00. The van der Waals surface area contributed by atoms with Gasteiger partial charge in [0.25, 0.3) is 0 Å². The maximum absolute atomic E-state index is 5.96. The molecule has 1 saturated heterocycles. The summed E-state index contributed by atoms with van der Waals surface area (Å²) in [5.74, 6) is 0. The first kappa shape index (κ1) is 16.8. The monoisotopic (exact) mass is 348 g/mol. The highest BCUT2D eigenvalue weighted by Gasteiger charge is 2.23. The van der Waals surface area contributed by atoms with Gasteiger partial charge in [-0.2, -0.15) is 0 Å². The minimum atomic E-state index is 0.825. The molecular weight excluding hydrogens is 324 g/mol. The molecule has 122 valence electrons. The summed E-state index contributed by atoms with van der Waals surface area (Å²) in [7, 11) is 0. The van der Waals surface area contributed by atoms with E-state index in [1.54, 1.807) is 9.80 Å². The third kappa shape index (κ3) is 4.98. The van der Waals surface area contributed by atoms with Gasteiger partial charge in [-0.1, -0.05) is 35.9 Å². The van der Waals surface area contributed by atoms with Crippen molar-refractivity contribution in [2.24, 2.45) is 0 Å². The van der Waals surface area contributed by atoms with Gasteiger partial charge in [0, 0.05) is 21.0 Å². The number of benzene rings is 2. The second-order valence-corrected chi connectivity index (χ2v) is 7.64. The number of hydrogen-bond acceptors (Lipinski definition) is 1. The van der Waals surface area contributed by atoms with Crippen molar-refractivity contribution >= 4 is 23.4 Å². The van der Waals surface area contributed by atoms with Gasteiger partial charge in [-0.05, 0) is 30.5 Å². The van der Waals surface area contributed by atoms with Crippen LogP contribution in [0, 0.1) is 0 Å². The van der Waals surface area contributed by atoms with Crippen LogP contribution in [0.5, 0.6) is 0 Å². The molecule has 1 aliphatic rings. The van der Waals surface area contributed by atoms with Gasteiger partial charge >= 0.3 is 0 Å². The standard InChI is InChI=1S/C19H23ClN2S/c1-23-19-8-4-17(5-9-19)15-22-12-10-21(11-13-22)14-16-2-6-18(20)7-3-16/h2-9H,10-15H2,1H3/p+2. The van der Waals surface area contributed by atoms with Crippen LogP contribution in [0.25, 0.3) is 0 Å². The minimum absolute atomic E-state index is 0.825. The van der Waals surface area contributed by atoms with E-state index >= 15 is 0 Å². The zero-order chi connectivity index (χ0) is 16.1. The first-order valence-electron chi connectivity index (χ1n) is 8.27. The molecule has 0 radical (unpaired) electrons. The molecule has 2 N–H and O–H groups in total. The van der Waals surface area contributed by atoms with Crippen LogP contribution < -0.4 is 9.80 Å². The summed E-state index contributed by atoms with van der Waals surface area (Å²) in [6, 6.07) is 17.3. The Bertz CT molecular complexity index is 604. The molecule has 23 heavy (non-hydrogen) atoms. The van der Waals surface area contributed by atoms with E-state index < -0.39 is 0 Å². The van der Waals surface area contributed by atoms with E-state index in [1.165, 1.54) is 42.2 Å². The molecule has 3 rings (SSSR count). The summed E-state index contributed by atoms with van der Waals surface area (Å²) >= 11 is 7.77. The molecular formula is C19H25ClN2S+2. The zero-order valence-corrected chi connectivity index (χ0v) is 15.2. The van der Waals surface area contributed by atoms with E-state index in [9.17, 15) is 0 Å². The minimum Gasteiger partial charge on any atom is -0.322 e. The SMILES string of the molecule is CSc1ccc(C[NH+]2CC[NH+](Cc3ccc(Cl)cc3)CC2)cc1. The highest BCUT2D eigenvalue weighted by Crippen LogP contribution is 2.14. The zero-order valence-electron chi connectivity index (χ0n) is 13.6. The van der Waals surface area contributed by atoms with Gasteiger partial charge in [-0.15, -0.1) is 11.8 Å².